The number of amides is 2. The molecule has 1 fully saturated rings. The second-order valence-corrected chi connectivity index (χ2v) is 7.59. The second kappa shape index (κ2) is 8.57. The van der Waals surface area contributed by atoms with Gasteiger partial charge in [0, 0.05) is 17.8 Å². The molecule has 0 saturated heterocycles. The van der Waals surface area contributed by atoms with E-state index in [1.165, 1.54) is 6.42 Å². The van der Waals surface area contributed by atoms with Gasteiger partial charge in [0.2, 0.25) is 11.8 Å². The van der Waals surface area contributed by atoms with Gasteiger partial charge in [0.1, 0.15) is 0 Å². The summed E-state index contributed by atoms with van der Waals surface area (Å²) in [5.74, 6) is 0.00507. The lowest BCUT2D eigenvalue weighted by Crippen LogP contribution is -2.44. The largest absolute Gasteiger partial charge is 0.358 e. The van der Waals surface area contributed by atoms with E-state index < -0.39 is 5.41 Å². The Morgan fingerprint density at radius 3 is 2.19 bits per heavy atom. The first-order valence-corrected chi connectivity index (χ1v) is 9.78. The Morgan fingerprint density at radius 1 is 0.963 bits per heavy atom. The fraction of sp³-hybridized carbons (Fsp3) is 0.364. The van der Waals surface area contributed by atoms with Gasteiger partial charge in [-0.15, -0.1) is 0 Å². The third-order valence-electron chi connectivity index (χ3n) is 5.37. The highest BCUT2D eigenvalue weighted by atomic mass is 35.5. The van der Waals surface area contributed by atoms with Crippen molar-refractivity contribution in [2.24, 2.45) is 0 Å². The third-order valence-corrected chi connectivity index (χ3v) is 5.62. The lowest BCUT2D eigenvalue weighted by Gasteiger charge is -2.36. The van der Waals surface area contributed by atoms with Crippen LogP contribution in [0.15, 0.2) is 48.5 Å². The van der Waals surface area contributed by atoms with Crippen molar-refractivity contribution in [3.8, 4) is 0 Å². The molecule has 1 aliphatic carbocycles. The van der Waals surface area contributed by atoms with Crippen molar-refractivity contribution in [1.29, 1.82) is 0 Å². The van der Waals surface area contributed by atoms with E-state index in [0.717, 1.165) is 42.5 Å². The van der Waals surface area contributed by atoms with Gasteiger partial charge in [0.05, 0.1) is 11.8 Å². The Balaban J connectivity index is 1.69. The number of carbonyl (C=O) groups excluding carboxylic acids is 2. The Kier molecular flexibility index (Phi) is 6.17. The monoisotopic (exact) mass is 384 g/mol. The summed E-state index contributed by atoms with van der Waals surface area (Å²) in [5.41, 5.74) is 2.23. The Bertz CT molecular complexity index is 794. The maximum absolute atomic E-state index is 12.6. The maximum Gasteiger partial charge on any atom is 0.230 e. The summed E-state index contributed by atoms with van der Waals surface area (Å²) in [6, 6.07) is 15.0. The minimum atomic E-state index is -0.446. The van der Waals surface area contributed by atoms with Gasteiger partial charge >= 0.3 is 0 Å². The molecule has 1 saturated carbocycles. The van der Waals surface area contributed by atoms with Gasteiger partial charge in [-0.3, -0.25) is 9.59 Å². The predicted molar refractivity (Wildman–Crippen MR) is 109 cm³/mol. The molecule has 0 bridgehead atoms. The molecule has 27 heavy (non-hydrogen) atoms. The standard InChI is InChI=1S/C22H25ClN2O2/c1-24-21(27)22(13-3-2-4-14-22)17-7-11-19(12-8-17)25-20(26)15-16-5-9-18(23)10-6-16/h5-12H,2-4,13-15H2,1H3,(H,24,27)(H,25,26). The van der Waals surface area contributed by atoms with E-state index in [9.17, 15) is 9.59 Å². The number of likely N-dealkylation sites (N-methyl/N-ethyl adjacent to an activating group) is 1. The first-order chi connectivity index (χ1) is 13.0. The molecule has 142 valence electrons. The molecule has 5 heteroatoms. The summed E-state index contributed by atoms with van der Waals surface area (Å²) in [5, 5.41) is 6.41. The van der Waals surface area contributed by atoms with Gasteiger partial charge in [-0.05, 0) is 48.2 Å². The molecule has 0 aromatic heterocycles. The molecule has 0 unspecified atom stereocenters. The number of hydrogen-bond donors (Lipinski definition) is 2. The molecular formula is C22H25ClN2O2. The van der Waals surface area contributed by atoms with Gasteiger partial charge in [-0.25, -0.2) is 0 Å². The summed E-state index contributed by atoms with van der Waals surface area (Å²) >= 11 is 5.87. The number of halogens is 1. The minimum Gasteiger partial charge on any atom is -0.358 e. The van der Waals surface area contributed by atoms with E-state index >= 15 is 0 Å². The van der Waals surface area contributed by atoms with Crippen LogP contribution in [0.5, 0.6) is 0 Å². The van der Waals surface area contributed by atoms with Crippen molar-refractivity contribution in [3.05, 3.63) is 64.7 Å². The summed E-state index contributed by atoms with van der Waals surface area (Å²) in [6.07, 6.45) is 5.34. The van der Waals surface area contributed by atoms with Crippen LogP contribution in [-0.2, 0) is 21.4 Å². The number of benzene rings is 2. The smallest absolute Gasteiger partial charge is 0.230 e. The van der Waals surface area contributed by atoms with E-state index in [0.29, 0.717) is 11.4 Å². The Hall–Kier alpha value is -2.33. The minimum absolute atomic E-state index is 0.0799. The highest BCUT2D eigenvalue weighted by Gasteiger charge is 2.40. The van der Waals surface area contributed by atoms with Gasteiger partial charge in [0.15, 0.2) is 0 Å². The molecule has 1 aliphatic rings. The fourth-order valence-corrected chi connectivity index (χ4v) is 4.03. The van der Waals surface area contributed by atoms with Crippen LogP contribution in [0.2, 0.25) is 5.02 Å². The average Bonchev–Trinajstić information content (AvgIpc) is 2.70. The lowest BCUT2D eigenvalue weighted by atomic mass is 9.68. The van der Waals surface area contributed by atoms with E-state index in [-0.39, 0.29) is 11.8 Å². The van der Waals surface area contributed by atoms with Crippen molar-refractivity contribution < 1.29 is 9.59 Å². The first kappa shape index (κ1) is 19.4. The van der Waals surface area contributed by atoms with E-state index in [4.69, 9.17) is 11.6 Å². The van der Waals surface area contributed by atoms with Crippen LogP contribution < -0.4 is 10.6 Å². The SMILES string of the molecule is CNC(=O)C1(c2ccc(NC(=O)Cc3ccc(Cl)cc3)cc2)CCCCC1. The zero-order chi connectivity index (χ0) is 19.3. The molecule has 2 N–H and O–H groups in total. The number of rotatable bonds is 5. The summed E-state index contributed by atoms with van der Waals surface area (Å²) < 4.78 is 0. The van der Waals surface area contributed by atoms with Gasteiger partial charge in [-0.1, -0.05) is 55.1 Å². The van der Waals surface area contributed by atoms with Crippen molar-refractivity contribution in [3.63, 3.8) is 0 Å². The molecule has 0 radical (unpaired) electrons. The van der Waals surface area contributed by atoms with Crippen LogP contribution in [0.25, 0.3) is 0 Å². The molecule has 0 atom stereocenters. The van der Waals surface area contributed by atoms with Crippen molar-refractivity contribution in [2.75, 3.05) is 12.4 Å². The third kappa shape index (κ3) is 4.51. The van der Waals surface area contributed by atoms with Crippen LogP contribution in [0, 0.1) is 0 Å². The van der Waals surface area contributed by atoms with Crippen molar-refractivity contribution >= 4 is 29.1 Å². The second-order valence-electron chi connectivity index (χ2n) is 7.15. The number of nitrogens with one attached hydrogen (secondary N) is 2. The summed E-state index contributed by atoms with van der Waals surface area (Å²) in [6.45, 7) is 0. The Morgan fingerprint density at radius 2 is 1.59 bits per heavy atom. The molecular weight excluding hydrogens is 360 g/mol. The van der Waals surface area contributed by atoms with E-state index in [1.54, 1.807) is 19.2 Å². The van der Waals surface area contributed by atoms with Gasteiger partial charge in [-0.2, -0.15) is 0 Å². The highest BCUT2D eigenvalue weighted by molar-refractivity contribution is 6.30. The quantitative estimate of drug-likeness (QED) is 0.799. The topological polar surface area (TPSA) is 58.2 Å². The van der Waals surface area contributed by atoms with Gasteiger partial charge in [0.25, 0.3) is 0 Å². The van der Waals surface area contributed by atoms with Gasteiger partial charge < -0.3 is 10.6 Å². The van der Waals surface area contributed by atoms with E-state index in [2.05, 4.69) is 10.6 Å². The summed E-state index contributed by atoms with van der Waals surface area (Å²) in [4.78, 5) is 24.9. The van der Waals surface area contributed by atoms with Crippen LogP contribution in [0.1, 0.15) is 43.2 Å². The molecule has 2 aromatic carbocycles. The van der Waals surface area contributed by atoms with Crippen molar-refractivity contribution in [2.45, 2.75) is 43.9 Å². The molecule has 3 rings (SSSR count). The average molecular weight is 385 g/mol. The lowest BCUT2D eigenvalue weighted by molar-refractivity contribution is -0.127. The number of anilines is 1. The zero-order valence-corrected chi connectivity index (χ0v) is 16.3. The van der Waals surface area contributed by atoms with E-state index in [1.807, 2.05) is 36.4 Å². The molecule has 2 amide bonds. The Labute approximate surface area is 165 Å². The maximum atomic E-state index is 12.6. The van der Waals surface area contributed by atoms with Crippen LogP contribution >= 0.6 is 11.6 Å². The number of carbonyl (C=O) groups is 2. The predicted octanol–water partition coefficient (Wildman–Crippen LogP) is 4.47. The molecule has 0 spiro atoms. The van der Waals surface area contributed by atoms with Crippen molar-refractivity contribution in [1.82, 2.24) is 5.32 Å². The molecule has 4 nitrogen and oxygen atoms in total. The fourth-order valence-electron chi connectivity index (χ4n) is 3.91. The van der Waals surface area contributed by atoms with Crippen LogP contribution in [-0.4, -0.2) is 18.9 Å². The van der Waals surface area contributed by atoms with Crippen LogP contribution in [0.3, 0.4) is 0 Å². The normalized spacial score (nSPS) is 15.8. The first-order valence-electron chi connectivity index (χ1n) is 9.40. The number of hydrogen-bond acceptors (Lipinski definition) is 2. The zero-order valence-electron chi connectivity index (χ0n) is 15.6. The molecule has 2 aromatic rings. The van der Waals surface area contributed by atoms with Crippen LogP contribution in [0.4, 0.5) is 5.69 Å². The summed E-state index contributed by atoms with van der Waals surface area (Å²) in [7, 11) is 1.70. The molecule has 0 heterocycles. The highest BCUT2D eigenvalue weighted by Crippen LogP contribution is 2.40. The molecule has 0 aliphatic heterocycles.